The third-order valence-corrected chi connectivity index (χ3v) is 6.27. The summed E-state index contributed by atoms with van der Waals surface area (Å²) in [5, 5.41) is 7.82. The van der Waals surface area contributed by atoms with E-state index in [1.54, 1.807) is 18.2 Å². The van der Waals surface area contributed by atoms with Gasteiger partial charge in [0.2, 0.25) is 10.0 Å². The molecular formula is C23H22N4O4S. The summed E-state index contributed by atoms with van der Waals surface area (Å²) < 4.78 is 24.9. The van der Waals surface area contributed by atoms with Gasteiger partial charge in [-0.15, -0.1) is 0 Å². The number of rotatable bonds is 5. The van der Waals surface area contributed by atoms with Gasteiger partial charge in [-0.1, -0.05) is 30.3 Å². The molecule has 1 aliphatic rings. The molecular weight excluding hydrogens is 428 g/mol. The van der Waals surface area contributed by atoms with E-state index in [1.165, 1.54) is 17.0 Å². The zero-order valence-electron chi connectivity index (χ0n) is 17.6. The van der Waals surface area contributed by atoms with Crippen molar-refractivity contribution in [1.29, 1.82) is 0 Å². The maximum absolute atomic E-state index is 12.8. The predicted molar refractivity (Wildman–Crippen MR) is 120 cm³/mol. The van der Waals surface area contributed by atoms with Gasteiger partial charge in [0.15, 0.2) is 0 Å². The van der Waals surface area contributed by atoms with Gasteiger partial charge in [0.1, 0.15) is 5.70 Å². The molecule has 1 aromatic heterocycles. The molecule has 0 unspecified atom stereocenters. The van der Waals surface area contributed by atoms with Gasteiger partial charge in [-0.05, 0) is 61.4 Å². The lowest BCUT2D eigenvalue weighted by atomic mass is 10.2. The SMILES string of the molecule is Cc1cc(C=C2NC(=O)N(Cc3ccccc3)C2=O)c(C)n1-c1ccc(S(N)(=O)=O)cc1. The molecule has 3 aromatic rings. The minimum atomic E-state index is -3.77. The lowest BCUT2D eigenvalue weighted by Gasteiger charge is -2.11. The highest BCUT2D eigenvalue weighted by Gasteiger charge is 2.33. The maximum atomic E-state index is 12.8. The molecule has 32 heavy (non-hydrogen) atoms. The van der Waals surface area contributed by atoms with Crippen molar-refractivity contribution in [3.05, 3.63) is 88.9 Å². The van der Waals surface area contributed by atoms with Gasteiger partial charge in [-0.3, -0.25) is 9.69 Å². The fourth-order valence-electron chi connectivity index (χ4n) is 3.75. The second-order valence-electron chi connectivity index (χ2n) is 7.57. The molecule has 164 valence electrons. The van der Waals surface area contributed by atoms with Gasteiger partial charge >= 0.3 is 6.03 Å². The minimum Gasteiger partial charge on any atom is -0.318 e. The van der Waals surface area contributed by atoms with Gasteiger partial charge in [-0.25, -0.2) is 18.4 Å². The highest BCUT2D eigenvalue weighted by molar-refractivity contribution is 7.89. The van der Waals surface area contributed by atoms with Gasteiger partial charge in [0, 0.05) is 17.1 Å². The Morgan fingerprint density at radius 2 is 1.66 bits per heavy atom. The van der Waals surface area contributed by atoms with E-state index in [0.717, 1.165) is 28.2 Å². The predicted octanol–water partition coefficient (Wildman–Crippen LogP) is 2.83. The summed E-state index contributed by atoms with van der Waals surface area (Å²) in [4.78, 5) is 26.4. The molecule has 0 saturated carbocycles. The minimum absolute atomic E-state index is 0.0313. The summed E-state index contributed by atoms with van der Waals surface area (Å²) in [5.41, 5.74) is 4.31. The molecule has 0 spiro atoms. The first-order chi connectivity index (χ1) is 15.1. The smallest absolute Gasteiger partial charge is 0.318 e. The monoisotopic (exact) mass is 450 g/mol. The molecule has 2 heterocycles. The van der Waals surface area contributed by atoms with Crippen LogP contribution in [0.5, 0.6) is 0 Å². The molecule has 0 atom stereocenters. The van der Waals surface area contributed by atoms with E-state index >= 15 is 0 Å². The summed E-state index contributed by atoms with van der Waals surface area (Å²) in [6.45, 7) is 3.98. The van der Waals surface area contributed by atoms with Crippen molar-refractivity contribution in [2.75, 3.05) is 0 Å². The Morgan fingerprint density at radius 1 is 1.00 bits per heavy atom. The van der Waals surface area contributed by atoms with E-state index in [4.69, 9.17) is 5.14 Å². The molecule has 3 amide bonds. The molecule has 1 fully saturated rings. The first-order valence-electron chi connectivity index (χ1n) is 9.86. The number of imide groups is 1. The second-order valence-corrected chi connectivity index (χ2v) is 9.13. The van der Waals surface area contributed by atoms with Crippen LogP contribution in [0.25, 0.3) is 11.8 Å². The number of benzene rings is 2. The molecule has 2 aromatic carbocycles. The number of sulfonamides is 1. The highest BCUT2D eigenvalue weighted by atomic mass is 32.2. The maximum Gasteiger partial charge on any atom is 0.329 e. The zero-order valence-corrected chi connectivity index (χ0v) is 18.4. The Balaban J connectivity index is 1.63. The van der Waals surface area contributed by atoms with Gasteiger partial charge < -0.3 is 9.88 Å². The number of carbonyl (C=O) groups is 2. The molecule has 1 aliphatic heterocycles. The number of primary sulfonamides is 1. The van der Waals surface area contributed by atoms with Crippen LogP contribution >= 0.6 is 0 Å². The second kappa shape index (κ2) is 8.10. The summed E-state index contributed by atoms with van der Waals surface area (Å²) in [5.74, 6) is -0.388. The van der Waals surface area contributed by atoms with Crippen LogP contribution in [0, 0.1) is 13.8 Å². The molecule has 0 aliphatic carbocycles. The number of hydrogen-bond acceptors (Lipinski definition) is 4. The van der Waals surface area contributed by atoms with Crippen molar-refractivity contribution >= 4 is 28.0 Å². The van der Waals surface area contributed by atoms with Gasteiger partial charge in [0.05, 0.1) is 11.4 Å². The molecule has 0 radical (unpaired) electrons. The first kappa shape index (κ1) is 21.5. The van der Waals surface area contributed by atoms with E-state index < -0.39 is 16.1 Å². The van der Waals surface area contributed by atoms with Crippen LogP contribution in [0.3, 0.4) is 0 Å². The molecule has 1 saturated heterocycles. The Morgan fingerprint density at radius 3 is 2.28 bits per heavy atom. The Bertz CT molecular complexity index is 1340. The molecule has 0 bridgehead atoms. The average molecular weight is 451 g/mol. The number of aromatic nitrogens is 1. The van der Waals surface area contributed by atoms with Crippen LogP contribution in [-0.2, 0) is 21.4 Å². The van der Waals surface area contributed by atoms with Crippen molar-refractivity contribution in [3.8, 4) is 5.69 Å². The fraction of sp³-hybridized carbons (Fsp3) is 0.130. The van der Waals surface area contributed by atoms with E-state index in [-0.39, 0.29) is 23.0 Å². The van der Waals surface area contributed by atoms with Crippen LogP contribution in [-0.4, -0.2) is 29.8 Å². The summed E-state index contributed by atoms with van der Waals surface area (Å²) >= 11 is 0. The zero-order chi connectivity index (χ0) is 23.0. The van der Waals surface area contributed by atoms with E-state index in [9.17, 15) is 18.0 Å². The Labute approximate surface area is 186 Å². The number of aryl methyl sites for hydroxylation is 1. The van der Waals surface area contributed by atoms with Crippen LogP contribution in [0.15, 0.2) is 71.3 Å². The third kappa shape index (κ3) is 4.08. The largest absolute Gasteiger partial charge is 0.329 e. The third-order valence-electron chi connectivity index (χ3n) is 5.34. The Kier molecular flexibility index (Phi) is 5.45. The number of nitrogens with zero attached hydrogens (tertiary/aromatic N) is 2. The van der Waals surface area contributed by atoms with Crippen molar-refractivity contribution < 1.29 is 18.0 Å². The normalized spacial score (nSPS) is 15.5. The van der Waals surface area contributed by atoms with E-state index in [0.29, 0.717) is 0 Å². The first-order valence-corrected chi connectivity index (χ1v) is 11.4. The van der Waals surface area contributed by atoms with E-state index in [2.05, 4.69) is 5.32 Å². The van der Waals surface area contributed by atoms with Crippen molar-refractivity contribution in [1.82, 2.24) is 14.8 Å². The number of nitrogens with two attached hydrogens (primary N) is 1. The standard InChI is InChI=1S/C23H22N4O4S/c1-15-12-18(16(2)27(15)19-8-10-20(11-9-19)32(24,30)31)13-21-22(28)26(23(29)25-21)14-17-6-4-3-5-7-17/h3-13H,14H2,1-2H3,(H,25,29)(H2,24,30,31). The number of nitrogens with one attached hydrogen (secondary N) is 1. The number of amides is 3. The summed E-state index contributed by atoms with van der Waals surface area (Å²) in [7, 11) is -3.77. The molecule has 4 rings (SSSR count). The fourth-order valence-corrected chi connectivity index (χ4v) is 4.27. The average Bonchev–Trinajstić information content (AvgIpc) is 3.17. The van der Waals surface area contributed by atoms with E-state index in [1.807, 2.05) is 54.8 Å². The van der Waals surface area contributed by atoms with Crippen molar-refractivity contribution in [2.45, 2.75) is 25.3 Å². The van der Waals surface area contributed by atoms with Crippen molar-refractivity contribution in [3.63, 3.8) is 0 Å². The summed E-state index contributed by atoms with van der Waals surface area (Å²) in [6, 6.07) is 17.0. The number of hydrogen-bond donors (Lipinski definition) is 2. The van der Waals surface area contributed by atoms with Crippen molar-refractivity contribution in [2.24, 2.45) is 5.14 Å². The Hall–Kier alpha value is -3.69. The van der Waals surface area contributed by atoms with Crippen LogP contribution in [0.2, 0.25) is 0 Å². The molecule has 3 N–H and O–H groups in total. The number of urea groups is 1. The lowest BCUT2D eigenvalue weighted by molar-refractivity contribution is -0.123. The van der Waals surface area contributed by atoms with Gasteiger partial charge in [-0.2, -0.15) is 0 Å². The lowest BCUT2D eigenvalue weighted by Crippen LogP contribution is -2.30. The summed E-state index contributed by atoms with van der Waals surface area (Å²) in [6.07, 6.45) is 1.66. The topological polar surface area (TPSA) is 114 Å². The van der Waals surface area contributed by atoms with Crippen LogP contribution in [0.4, 0.5) is 4.79 Å². The quantitative estimate of drug-likeness (QED) is 0.459. The van der Waals surface area contributed by atoms with Crippen LogP contribution in [0.1, 0.15) is 22.5 Å². The molecule has 8 nitrogen and oxygen atoms in total. The van der Waals surface area contributed by atoms with Crippen LogP contribution < -0.4 is 10.5 Å². The van der Waals surface area contributed by atoms with Gasteiger partial charge in [0.25, 0.3) is 5.91 Å². The highest BCUT2D eigenvalue weighted by Crippen LogP contribution is 2.25. The molecule has 9 heteroatoms. The number of carbonyl (C=O) groups excluding carboxylic acids is 2.